The summed E-state index contributed by atoms with van der Waals surface area (Å²) < 4.78 is 0. The predicted octanol–water partition coefficient (Wildman–Crippen LogP) is 3.26. The van der Waals surface area contributed by atoms with E-state index in [1.165, 1.54) is 5.56 Å². The normalized spacial score (nSPS) is 9.00. The summed E-state index contributed by atoms with van der Waals surface area (Å²) >= 11 is 1.87. The lowest BCUT2D eigenvalue weighted by molar-refractivity contribution is 1.41. The van der Waals surface area contributed by atoms with Crippen LogP contribution in [0.25, 0.3) is 0 Å². The lowest BCUT2D eigenvalue weighted by Crippen LogP contribution is -1.78. The summed E-state index contributed by atoms with van der Waals surface area (Å²) in [6.45, 7) is 3.51. The van der Waals surface area contributed by atoms with Gasteiger partial charge in [0.1, 0.15) is 0 Å². The van der Waals surface area contributed by atoms with Crippen molar-refractivity contribution in [1.82, 2.24) is 0 Å². The van der Waals surface area contributed by atoms with Crippen LogP contribution in [0.5, 0.6) is 0 Å². The molecule has 0 heterocycles. The molecule has 12 heavy (non-hydrogen) atoms. The molecule has 1 heteroatoms. The average Bonchev–Trinajstić information content (AvgIpc) is 2.14. The molecule has 0 aliphatic carbocycles. The van der Waals surface area contributed by atoms with Gasteiger partial charge in [-0.15, -0.1) is 5.73 Å². The van der Waals surface area contributed by atoms with Crippen LogP contribution in [0.15, 0.2) is 48.7 Å². The van der Waals surface area contributed by atoms with Crippen molar-refractivity contribution in [1.29, 1.82) is 0 Å². The lowest BCUT2D eigenvalue weighted by atomic mass is 10.2. The Bertz CT molecular complexity index is 258. The predicted molar refractivity (Wildman–Crippen MR) is 56.3 cm³/mol. The van der Waals surface area contributed by atoms with Crippen molar-refractivity contribution in [3.63, 3.8) is 0 Å². The number of rotatable bonds is 4. The molecule has 0 aliphatic rings. The van der Waals surface area contributed by atoms with Gasteiger partial charge in [0.05, 0.1) is 0 Å². The van der Waals surface area contributed by atoms with Crippen molar-refractivity contribution in [2.45, 2.75) is 5.75 Å². The number of hydrogen-bond donors (Lipinski definition) is 0. The van der Waals surface area contributed by atoms with Gasteiger partial charge in [0, 0.05) is 11.5 Å². The fourth-order valence-corrected chi connectivity index (χ4v) is 1.65. The quantitative estimate of drug-likeness (QED) is 0.501. The van der Waals surface area contributed by atoms with E-state index in [0.29, 0.717) is 0 Å². The monoisotopic (exact) mass is 176 g/mol. The third kappa shape index (κ3) is 3.47. The zero-order chi connectivity index (χ0) is 8.65. The Morgan fingerprint density at radius 3 is 2.75 bits per heavy atom. The van der Waals surface area contributed by atoms with Crippen molar-refractivity contribution in [2.75, 3.05) is 5.75 Å². The van der Waals surface area contributed by atoms with Crippen LogP contribution in [-0.4, -0.2) is 5.75 Å². The van der Waals surface area contributed by atoms with E-state index < -0.39 is 0 Å². The molecule has 0 saturated heterocycles. The van der Waals surface area contributed by atoms with Crippen molar-refractivity contribution in [3.05, 3.63) is 54.3 Å². The van der Waals surface area contributed by atoms with Gasteiger partial charge in [-0.2, -0.15) is 11.8 Å². The van der Waals surface area contributed by atoms with Crippen molar-refractivity contribution < 1.29 is 0 Å². The van der Waals surface area contributed by atoms with Crippen LogP contribution in [0.4, 0.5) is 0 Å². The molecular formula is C11H12S. The SMILES string of the molecule is C=C=CCSCc1ccccc1. The van der Waals surface area contributed by atoms with E-state index in [2.05, 4.69) is 36.6 Å². The first-order chi connectivity index (χ1) is 5.93. The molecule has 1 aromatic rings. The molecule has 0 nitrogen and oxygen atoms in total. The van der Waals surface area contributed by atoms with Crippen molar-refractivity contribution in [2.24, 2.45) is 0 Å². The molecule has 0 N–H and O–H groups in total. The Balaban J connectivity index is 2.29. The fraction of sp³-hybridized carbons (Fsp3) is 0.182. The maximum absolute atomic E-state index is 3.51. The number of thioether (sulfide) groups is 1. The molecule has 0 unspecified atom stereocenters. The van der Waals surface area contributed by atoms with Crippen LogP contribution in [0.2, 0.25) is 0 Å². The number of benzene rings is 1. The first-order valence-corrected chi connectivity index (χ1v) is 5.05. The van der Waals surface area contributed by atoms with E-state index in [9.17, 15) is 0 Å². The van der Waals surface area contributed by atoms with Gasteiger partial charge in [0.25, 0.3) is 0 Å². The molecule has 0 radical (unpaired) electrons. The smallest absolute Gasteiger partial charge is 0.0192 e. The van der Waals surface area contributed by atoms with Gasteiger partial charge in [0.2, 0.25) is 0 Å². The Labute approximate surface area is 78.0 Å². The minimum absolute atomic E-state index is 0.998. The summed E-state index contributed by atoms with van der Waals surface area (Å²) in [7, 11) is 0. The summed E-state index contributed by atoms with van der Waals surface area (Å²) in [5, 5.41) is 0. The highest BCUT2D eigenvalue weighted by atomic mass is 32.2. The van der Waals surface area contributed by atoms with E-state index in [0.717, 1.165) is 11.5 Å². The standard InChI is InChI=1S/C11H12S/c1-2-3-9-12-10-11-7-5-4-6-8-11/h3-8H,1,9-10H2. The van der Waals surface area contributed by atoms with E-state index in [1.54, 1.807) is 0 Å². The minimum atomic E-state index is 0.998. The van der Waals surface area contributed by atoms with Gasteiger partial charge in [0.15, 0.2) is 0 Å². The van der Waals surface area contributed by atoms with Crippen LogP contribution in [0.3, 0.4) is 0 Å². The highest BCUT2D eigenvalue weighted by Crippen LogP contribution is 2.10. The molecule has 0 aromatic heterocycles. The van der Waals surface area contributed by atoms with Gasteiger partial charge in [-0.25, -0.2) is 0 Å². The van der Waals surface area contributed by atoms with Gasteiger partial charge >= 0.3 is 0 Å². The van der Waals surface area contributed by atoms with E-state index in [1.807, 2.05) is 23.9 Å². The number of hydrogen-bond acceptors (Lipinski definition) is 1. The van der Waals surface area contributed by atoms with E-state index in [-0.39, 0.29) is 0 Å². The Kier molecular flexibility index (Phi) is 4.36. The summed E-state index contributed by atoms with van der Waals surface area (Å²) in [6, 6.07) is 10.5. The Morgan fingerprint density at radius 2 is 2.08 bits per heavy atom. The van der Waals surface area contributed by atoms with E-state index >= 15 is 0 Å². The highest BCUT2D eigenvalue weighted by molar-refractivity contribution is 7.98. The van der Waals surface area contributed by atoms with Crippen LogP contribution >= 0.6 is 11.8 Å². The maximum Gasteiger partial charge on any atom is 0.0192 e. The largest absolute Gasteiger partial charge is 0.152 e. The minimum Gasteiger partial charge on any atom is -0.152 e. The third-order valence-electron chi connectivity index (χ3n) is 1.46. The molecule has 0 atom stereocenters. The molecule has 0 spiro atoms. The molecule has 0 fully saturated rings. The molecule has 0 amide bonds. The summed E-state index contributed by atoms with van der Waals surface area (Å²) in [4.78, 5) is 0. The summed E-state index contributed by atoms with van der Waals surface area (Å²) in [5.74, 6) is 2.07. The van der Waals surface area contributed by atoms with Gasteiger partial charge in [-0.05, 0) is 11.6 Å². The Hall–Kier alpha value is -0.910. The van der Waals surface area contributed by atoms with E-state index in [4.69, 9.17) is 0 Å². The second-order valence-electron chi connectivity index (χ2n) is 2.41. The van der Waals surface area contributed by atoms with Crippen LogP contribution in [0, 0.1) is 0 Å². The molecule has 0 saturated carbocycles. The maximum atomic E-state index is 3.51. The Morgan fingerprint density at radius 1 is 1.33 bits per heavy atom. The van der Waals surface area contributed by atoms with Crippen LogP contribution in [-0.2, 0) is 5.75 Å². The lowest BCUT2D eigenvalue weighted by Gasteiger charge is -1.96. The first kappa shape index (κ1) is 9.18. The molecule has 1 rings (SSSR count). The molecule has 0 bridgehead atoms. The van der Waals surface area contributed by atoms with Gasteiger partial charge in [-0.3, -0.25) is 0 Å². The van der Waals surface area contributed by atoms with Crippen molar-refractivity contribution in [3.8, 4) is 0 Å². The third-order valence-corrected chi connectivity index (χ3v) is 2.40. The summed E-state index contributed by atoms with van der Waals surface area (Å²) in [6.07, 6.45) is 1.95. The average molecular weight is 176 g/mol. The molecular weight excluding hydrogens is 164 g/mol. The highest BCUT2D eigenvalue weighted by Gasteiger charge is 1.88. The second-order valence-corrected chi connectivity index (χ2v) is 3.44. The summed E-state index contributed by atoms with van der Waals surface area (Å²) in [5.41, 5.74) is 4.13. The van der Waals surface area contributed by atoms with Crippen LogP contribution in [0.1, 0.15) is 5.56 Å². The van der Waals surface area contributed by atoms with Crippen molar-refractivity contribution >= 4 is 11.8 Å². The first-order valence-electron chi connectivity index (χ1n) is 3.89. The zero-order valence-corrected chi connectivity index (χ0v) is 7.81. The second kappa shape index (κ2) is 5.70. The fourth-order valence-electron chi connectivity index (χ4n) is 0.869. The van der Waals surface area contributed by atoms with Gasteiger partial charge < -0.3 is 0 Å². The molecule has 0 aliphatic heterocycles. The topological polar surface area (TPSA) is 0 Å². The molecule has 1 aromatic carbocycles. The van der Waals surface area contributed by atoms with Gasteiger partial charge in [-0.1, -0.05) is 36.9 Å². The van der Waals surface area contributed by atoms with Crippen LogP contribution < -0.4 is 0 Å². The molecule has 62 valence electrons. The zero-order valence-electron chi connectivity index (χ0n) is 6.99.